The highest BCUT2D eigenvalue weighted by atomic mass is 32.1. The van der Waals surface area contributed by atoms with Gasteiger partial charge in [-0.25, -0.2) is 0 Å². The lowest BCUT2D eigenvalue weighted by molar-refractivity contribution is 0.392. The molecule has 1 aliphatic heterocycles. The minimum atomic E-state index is -0.204. The average molecular weight is 381 g/mol. The fraction of sp³-hybridized carbons (Fsp3) is 0.200. The van der Waals surface area contributed by atoms with Gasteiger partial charge >= 0.3 is 0 Å². The van der Waals surface area contributed by atoms with Crippen LogP contribution in [-0.2, 0) is 0 Å². The molecule has 1 fully saturated rings. The number of anilines is 1. The van der Waals surface area contributed by atoms with E-state index in [1.807, 2.05) is 53.4 Å². The minimum Gasteiger partial charge on any atom is -0.497 e. The number of hydrogen-bond donors (Lipinski definition) is 1. The summed E-state index contributed by atoms with van der Waals surface area (Å²) in [6.45, 7) is 0. The van der Waals surface area contributed by atoms with Crippen molar-refractivity contribution in [3.8, 4) is 11.5 Å². The lowest BCUT2D eigenvalue weighted by Gasteiger charge is -2.27. The summed E-state index contributed by atoms with van der Waals surface area (Å²) in [7, 11) is 3.25. The molecule has 6 nitrogen and oxygen atoms in total. The largest absolute Gasteiger partial charge is 0.497 e. The standard InChI is InChI=1S/C20H19N3O3S/c1-24-13-8-9-15(17(12-13)25-2)23-19(16-7-5-11-26-16)18(22-20(23)27)14-6-3-4-10-21-14/h3-12,18-19H,1-2H3,(H,22,27)/t18-,19+/m1/s1. The van der Waals surface area contributed by atoms with Crippen molar-refractivity contribution in [1.82, 2.24) is 10.3 Å². The van der Waals surface area contributed by atoms with E-state index >= 15 is 0 Å². The minimum absolute atomic E-state index is 0.156. The molecule has 1 N–H and O–H groups in total. The van der Waals surface area contributed by atoms with Crippen molar-refractivity contribution in [2.45, 2.75) is 12.1 Å². The third kappa shape index (κ3) is 3.10. The molecule has 0 saturated carbocycles. The zero-order valence-corrected chi connectivity index (χ0v) is 15.8. The molecule has 1 aliphatic rings. The summed E-state index contributed by atoms with van der Waals surface area (Å²) in [5, 5.41) is 3.96. The second-order valence-corrected chi connectivity index (χ2v) is 6.44. The number of hydrogen-bond acceptors (Lipinski definition) is 5. The summed E-state index contributed by atoms with van der Waals surface area (Å²) in [6.07, 6.45) is 3.44. The topological polar surface area (TPSA) is 59.8 Å². The quantitative estimate of drug-likeness (QED) is 0.673. The van der Waals surface area contributed by atoms with Crippen LogP contribution in [0.4, 0.5) is 5.69 Å². The fourth-order valence-electron chi connectivity index (χ4n) is 3.35. The Kier molecular flexibility index (Phi) is 4.68. The Bertz CT molecular complexity index is 931. The molecule has 0 amide bonds. The fourth-order valence-corrected chi connectivity index (χ4v) is 3.69. The number of methoxy groups -OCH3 is 2. The Balaban J connectivity index is 1.83. The maximum atomic E-state index is 5.75. The molecule has 1 saturated heterocycles. The molecule has 0 radical (unpaired) electrons. The van der Waals surface area contributed by atoms with Gasteiger partial charge in [0.1, 0.15) is 23.3 Å². The highest BCUT2D eigenvalue weighted by molar-refractivity contribution is 7.80. The highest BCUT2D eigenvalue weighted by Gasteiger charge is 2.43. The third-order valence-electron chi connectivity index (χ3n) is 4.58. The van der Waals surface area contributed by atoms with Crippen LogP contribution in [0.3, 0.4) is 0 Å². The SMILES string of the molecule is COc1ccc(N2C(=S)N[C@H](c3ccccn3)[C@@H]2c2ccco2)c(OC)c1. The lowest BCUT2D eigenvalue weighted by Crippen LogP contribution is -2.29. The van der Waals surface area contributed by atoms with E-state index < -0.39 is 0 Å². The molecule has 3 heterocycles. The molecular weight excluding hydrogens is 362 g/mol. The van der Waals surface area contributed by atoms with Gasteiger partial charge in [0.2, 0.25) is 0 Å². The monoisotopic (exact) mass is 381 g/mol. The van der Waals surface area contributed by atoms with E-state index in [1.54, 1.807) is 26.7 Å². The van der Waals surface area contributed by atoms with Gasteiger partial charge in [-0.05, 0) is 48.6 Å². The molecule has 2 aromatic heterocycles. The van der Waals surface area contributed by atoms with Crippen molar-refractivity contribution in [2.24, 2.45) is 0 Å². The predicted octanol–water partition coefficient (Wildman–Crippen LogP) is 3.87. The number of benzene rings is 1. The number of furan rings is 1. The first kappa shape index (κ1) is 17.4. The molecule has 3 aromatic rings. The van der Waals surface area contributed by atoms with E-state index in [-0.39, 0.29) is 12.1 Å². The van der Waals surface area contributed by atoms with Gasteiger partial charge in [-0.1, -0.05) is 6.07 Å². The van der Waals surface area contributed by atoms with Crippen molar-refractivity contribution in [3.63, 3.8) is 0 Å². The van der Waals surface area contributed by atoms with Gasteiger partial charge in [0, 0.05) is 12.3 Å². The maximum absolute atomic E-state index is 5.75. The number of pyridine rings is 1. The van der Waals surface area contributed by atoms with Gasteiger partial charge in [-0.3, -0.25) is 4.98 Å². The van der Waals surface area contributed by atoms with Crippen molar-refractivity contribution >= 4 is 23.0 Å². The van der Waals surface area contributed by atoms with Gasteiger partial charge in [-0.2, -0.15) is 0 Å². The van der Waals surface area contributed by atoms with Crippen LogP contribution in [0.15, 0.2) is 65.4 Å². The Hall–Kier alpha value is -3.06. The molecule has 4 rings (SSSR count). The van der Waals surface area contributed by atoms with Crippen molar-refractivity contribution in [2.75, 3.05) is 19.1 Å². The second-order valence-electron chi connectivity index (χ2n) is 6.05. The van der Waals surface area contributed by atoms with E-state index in [9.17, 15) is 0 Å². The molecular formula is C20H19N3O3S. The van der Waals surface area contributed by atoms with Crippen LogP contribution < -0.4 is 19.7 Å². The summed E-state index contributed by atoms with van der Waals surface area (Å²) < 4.78 is 16.7. The van der Waals surface area contributed by atoms with Crippen molar-refractivity contribution < 1.29 is 13.9 Å². The second kappa shape index (κ2) is 7.28. The summed E-state index contributed by atoms with van der Waals surface area (Å²) in [6, 6.07) is 14.9. The van der Waals surface area contributed by atoms with Crippen molar-refractivity contribution in [3.05, 3.63) is 72.4 Å². The van der Waals surface area contributed by atoms with Crippen LogP contribution in [0.25, 0.3) is 0 Å². The van der Waals surface area contributed by atoms with Crippen LogP contribution in [0.1, 0.15) is 23.5 Å². The molecule has 1 aromatic carbocycles. The molecule has 2 atom stereocenters. The Morgan fingerprint density at radius 1 is 1.11 bits per heavy atom. The summed E-state index contributed by atoms with van der Waals surface area (Å²) in [5.74, 6) is 2.16. The van der Waals surface area contributed by atoms with Crippen LogP contribution >= 0.6 is 12.2 Å². The van der Waals surface area contributed by atoms with Crippen LogP contribution in [0.2, 0.25) is 0 Å². The number of rotatable bonds is 5. The van der Waals surface area contributed by atoms with Gasteiger partial charge < -0.3 is 24.1 Å². The normalized spacial score (nSPS) is 19.0. The predicted molar refractivity (Wildman–Crippen MR) is 106 cm³/mol. The van der Waals surface area contributed by atoms with E-state index in [0.29, 0.717) is 16.6 Å². The van der Waals surface area contributed by atoms with Crippen LogP contribution in [-0.4, -0.2) is 24.3 Å². The third-order valence-corrected chi connectivity index (χ3v) is 4.89. The van der Waals surface area contributed by atoms with Gasteiger partial charge in [0.15, 0.2) is 5.11 Å². The van der Waals surface area contributed by atoms with Crippen molar-refractivity contribution in [1.29, 1.82) is 0 Å². The molecule has 27 heavy (non-hydrogen) atoms. The van der Waals surface area contributed by atoms with E-state index in [4.69, 9.17) is 26.1 Å². The average Bonchev–Trinajstić information content (AvgIpc) is 3.35. The van der Waals surface area contributed by atoms with Crippen LogP contribution in [0.5, 0.6) is 11.5 Å². The molecule has 7 heteroatoms. The summed E-state index contributed by atoms with van der Waals surface area (Å²) >= 11 is 5.68. The molecule has 0 spiro atoms. The van der Waals surface area contributed by atoms with E-state index in [1.165, 1.54) is 0 Å². The number of nitrogens with one attached hydrogen (secondary N) is 1. The van der Waals surface area contributed by atoms with Gasteiger partial charge in [0.05, 0.1) is 37.9 Å². The Morgan fingerprint density at radius 3 is 2.67 bits per heavy atom. The van der Waals surface area contributed by atoms with Crippen LogP contribution in [0, 0.1) is 0 Å². The molecule has 0 unspecified atom stereocenters. The highest BCUT2D eigenvalue weighted by Crippen LogP contribution is 2.45. The Morgan fingerprint density at radius 2 is 2.00 bits per heavy atom. The lowest BCUT2D eigenvalue weighted by atomic mass is 10.0. The number of aromatic nitrogens is 1. The molecule has 0 bridgehead atoms. The maximum Gasteiger partial charge on any atom is 0.174 e. The van der Waals surface area contributed by atoms with Gasteiger partial charge in [0.25, 0.3) is 0 Å². The number of nitrogens with zero attached hydrogens (tertiary/aromatic N) is 2. The first-order valence-corrected chi connectivity index (χ1v) is 8.90. The summed E-state index contributed by atoms with van der Waals surface area (Å²) in [5.41, 5.74) is 1.71. The first-order chi connectivity index (χ1) is 13.2. The number of ether oxygens (including phenoxy) is 2. The smallest absolute Gasteiger partial charge is 0.174 e. The van der Waals surface area contributed by atoms with E-state index in [2.05, 4.69) is 10.3 Å². The first-order valence-electron chi connectivity index (χ1n) is 8.49. The number of thiocarbonyl (C=S) groups is 1. The van der Waals surface area contributed by atoms with Gasteiger partial charge in [-0.15, -0.1) is 0 Å². The molecule has 138 valence electrons. The Labute approximate surface area is 162 Å². The zero-order chi connectivity index (χ0) is 18.8. The summed E-state index contributed by atoms with van der Waals surface area (Å²) in [4.78, 5) is 6.52. The molecule has 0 aliphatic carbocycles. The van der Waals surface area contributed by atoms with E-state index in [0.717, 1.165) is 17.1 Å². The zero-order valence-electron chi connectivity index (χ0n) is 15.0.